The topological polar surface area (TPSA) is 64.8 Å². The Morgan fingerprint density at radius 2 is 2.07 bits per heavy atom. The van der Waals surface area contributed by atoms with E-state index in [0.717, 1.165) is 0 Å². The smallest absolute Gasteiger partial charge is 0.409 e. The predicted molar refractivity (Wildman–Crippen MR) is 54.1 cm³/mol. The van der Waals surface area contributed by atoms with Gasteiger partial charge in [0.25, 0.3) is 0 Å². The van der Waals surface area contributed by atoms with Crippen molar-refractivity contribution in [3.8, 4) is 0 Å². The number of rotatable bonds is 5. The summed E-state index contributed by atoms with van der Waals surface area (Å²) >= 11 is 0. The summed E-state index contributed by atoms with van der Waals surface area (Å²) in [6, 6.07) is -0.176. The molecule has 5 heteroatoms. The van der Waals surface area contributed by atoms with Gasteiger partial charge in [-0.25, -0.2) is 4.79 Å². The second-order valence-electron chi connectivity index (χ2n) is 3.53. The van der Waals surface area contributed by atoms with Crippen LogP contribution in [0.4, 0.5) is 4.79 Å². The van der Waals surface area contributed by atoms with E-state index in [4.69, 9.17) is 15.2 Å². The Labute approximate surface area is 85.1 Å². The minimum atomic E-state index is -0.355. The molecule has 0 aromatic rings. The number of nitrogens with two attached hydrogens (primary N) is 1. The third kappa shape index (κ3) is 5.77. The van der Waals surface area contributed by atoms with E-state index in [1.54, 1.807) is 28.0 Å². The maximum absolute atomic E-state index is 11.3. The third-order valence-electron chi connectivity index (χ3n) is 1.54. The standard InChI is InChI=1S/C9H20N2O3/c1-7(2)14-9(12)11(3)5-8(10)6-13-4/h7-8H,5-6,10H2,1-4H3. The Balaban J connectivity index is 3.82. The first-order chi connectivity index (χ1) is 6.47. The summed E-state index contributed by atoms with van der Waals surface area (Å²) < 4.78 is 9.84. The molecule has 0 fully saturated rings. The molecular formula is C9H20N2O3. The lowest BCUT2D eigenvalue weighted by molar-refractivity contribution is 0.0783. The molecule has 1 amide bonds. The zero-order chi connectivity index (χ0) is 11.1. The minimum absolute atomic E-state index is 0.108. The van der Waals surface area contributed by atoms with Crippen molar-refractivity contribution in [2.75, 3.05) is 27.3 Å². The highest BCUT2D eigenvalue weighted by atomic mass is 16.6. The van der Waals surface area contributed by atoms with Crippen molar-refractivity contribution in [2.24, 2.45) is 5.73 Å². The molecule has 0 rings (SSSR count). The Hall–Kier alpha value is -0.810. The molecule has 0 aromatic heterocycles. The van der Waals surface area contributed by atoms with Gasteiger partial charge < -0.3 is 20.1 Å². The molecule has 0 aliphatic carbocycles. The van der Waals surface area contributed by atoms with Crippen molar-refractivity contribution >= 4 is 6.09 Å². The van der Waals surface area contributed by atoms with E-state index in [1.807, 2.05) is 0 Å². The van der Waals surface area contributed by atoms with E-state index in [2.05, 4.69) is 0 Å². The van der Waals surface area contributed by atoms with Crippen LogP contribution >= 0.6 is 0 Å². The lowest BCUT2D eigenvalue weighted by atomic mass is 10.3. The summed E-state index contributed by atoms with van der Waals surface area (Å²) in [5, 5.41) is 0. The van der Waals surface area contributed by atoms with Crippen LogP contribution in [-0.2, 0) is 9.47 Å². The van der Waals surface area contributed by atoms with Crippen LogP contribution in [0.2, 0.25) is 0 Å². The first-order valence-corrected chi connectivity index (χ1v) is 4.63. The summed E-state index contributed by atoms with van der Waals surface area (Å²) in [5.74, 6) is 0. The molecule has 0 aromatic carbocycles. The number of likely N-dealkylation sites (N-methyl/N-ethyl adjacent to an activating group) is 1. The fourth-order valence-electron chi connectivity index (χ4n) is 0.985. The average Bonchev–Trinajstić information content (AvgIpc) is 2.02. The molecule has 1 atom stereocenters. The summed E-state index contributed by atoms with van der Waals surface area (Å²) in [6.07, 6.45) is -0.463. The van der Waals surface area contributed by atoms with Crippen LogP contribution in [0.25, 0.3) is 0 Å². The molecule has 0 radical (unpaired) electrons. The highest BCUT2D eigenvalue weighted by Gasteiger charge is 2.14. The van der Waals surface area contributed by atoms with E-state index in [9.17, 15) is 4.79 Å². The van der Waals surface area contributed by atoms with Crippen LogP contribution in [-0.4, -0.2) is 50.4 Å². The quantitative estimate of drug-likeness (QED) is 0.705. The second kappa shape index (κ2) is 6.62. The van der Waals surface area contributed by atoms with Gasteiger partial charge in [0.05, 0.1) is 12.7 Å². The normalized spacial score (nSPS) is 12.7. The van der Waals surface area contributed by atoms with Gasteiger partial charge >= 0.3 is 6.09 Å². The Bertz CT molecular complexity index is 173. The summed E-state index contributed by atoms with van der Waals surface area (Å²) in [6.45, 7) is 4.47. The Morgan fingerprint density at radius 1 is 1.50 bits per heavy atom. The second-order valence-corrected chi connectivity index (χ2v) is 3.53. The zero-order valence-electron chi connectivity index (χ0n) is 9.32. The van der Waals surface area contributed by atoms with Crippen LogP contribution < -0.4 is 5.73 Å². The number of carbonyl (C=O) groups is 1. The van der Waals surface area contributed by atoms with Gasteiger partial charge in [-0.05, 0) is 13.8 Å². The number of ether oxygens (including phenoxy) is 2. The highest BCUT2D eigenvalue weighted by Crippen LogP contribution is 1.96. The molecule has 0 aliphatic heterocycles. The lowest BCUT2D eigenvalue weighted by Gasteiger charge is -2.21. The highest BCUT2D eigenvalue weighted by molar-refractivity contribution is 5.67. The first kappa shape index (κ1) is 13.2. The average molecular weight is 204 g/mol. The van der Waals surface area contributed by atoms with Gasteiger partial charge in [0.2, 0.25) is 0 Å². The lowest BCUT2D eigenvalue weighted by Crippen LogP contribution is -2.41. The van der Waals surface area contributed by atoms with Crippen molar-refractivity contribution in [3.63, 3.8) is 0 Å². The molecule has 0 aliphatic rings. The van der Waals surface area contributed by atoms with Gasteiger partial charge in [-0.15, -0.1) is 0 Å². The van der Waals surface area contributed by atoms with Crippen LogP contribution in [0.3, 0.4) is 0 Å². The Kier molecular flexibility index (Phi) is 6.23. The van der Waals surface area contributed by atoms with E-state index in [0.29, 0.717) is 13.2 Å². The molecule has 0 saturated carbocycles. The van der Waals surface area contributed by atoms with Gasteiger partial charge in [-0.2, -0.15) is 0 Å². The van der Waals surface area contributed by atoms with Crippen LogP contribution in [0.5, 0.6) is 0 Å². The summed E-state index contributed by atoms with van der Waals surface area (Å²) in [5.41, 5.74) is 5.68. The van der Waals surface area contributed by atoms with Gasteiger partial charge in [-0.1, -0.05) is 0 Å². The molecule has 1 unspecified atom stereocenters. The van der Waals surface area contributed by atoms with Gasteiger partial charge in [0.1, 0.15) is 0 Å². The third-order valence-corrected chi connectivity index (χ3v) is 1.54. The number of carbonyl (C=O) groups excluding carboxylic acids is 1. The number of hydrogen-bond donors (Lipinski definition) is 1. The van der Waals surface area contributed by atoms with Crippen molar-refractivity contribution in [1.29, 1.82) is 0 Å². The molecule has 14 heavy (non-hydrogen) atoms. The first-order valence-electron chi connectivity index (χ1n) is 4.63. The van der Waals surface area contributed by atoms with Gasteiger partial charge in [0, 0.05) is 26.7 Å². The van der Waals surface area contributed by atoms with E-state index < -0.39 is 0 Å². The molecular weight excluding hydrogens is 184 g/mol. The van der Waals surface area contributed by atoms with Crippen LogP contribution in [0.1, 0.15) is 13.8 Å². The monoisotopic (exact) mass is 204 g/mol. The van der Waals surface area contributed by atoms with Crippen molar-refractivity contribution < 1.29 is 14.3 Å². The van der Waals surface area contributed by atoms with Gasteiger partial charge in [-0.3, -0.25) is 0 Å². The van der Waals surface area contributed by atoms with E-state index in [-0.39, 0.29) is 18.2 Å². The number of hydrogen-bond acceptors (Lipinski definition) is 4. The number of nitrogens with zero attached hydrogens (tertiary/aromatic N) is 1. The number of amides is 1. The molecule has 0 bridgehead atoms. The Morgan fingerprint density at radius 3 is 2.50 bits per heavy atom. The van der Waals surface area contributed by atoms with Gasteiger partial charge in [0.15, 0.2) is 0 Å². The summed E-state index contributed by atoms with van der Waals surface area (Å²) in [4.78, 5) is 12.7. The van der Waals surface area contributed by atoms with Crippen molar-refractivity contribution in [1.82, 2.24) is 4.90 Å². The molecule has 84 valence electrons. The van der Waals surface area contributed by atoms with E-state index >= 15 is 0 Å². The fraction of sp³-hybridized carbons (Fsp3) is 0.889. The number of methoxy groups -OCH3 is 1. The molecule has 2 N–H and O–H groups in total. The van der Waals surface area contributed by atoms with Crippen LogP contribution in [0.15, 0.2) is 0 Å². The fourth-order valence-corrected chi connectivity index (χ4v) is 0.985. The minimum Gasteiger partial charge on any atom is -0.447 e. The molecule has 5 nitrogen and oxygen atoms in total. The molecule has 0 spiro atoms. The van der Waals surface area contributed by atoms with E-state index in [1.165, 1.54) is 4.90 Å². The molecule has 0 heterocycles. The predicted octanol–water partition coefficient (Wildman–Crippen LogP) is 0.437. The molecule has 0 saturated heterocycles. The largest absolute Gasteiger partial charge is 0.447 e. The SMILES string of the molecule is COCC(N)CN(C)C(=O)OC(C)C. The zero-order valence-corrected chi connectivity index (χ0v) is 9.32. The van der Waals surface area contributed by atoms with Crippen molar-refractivity contribution in [2.45, 2.75) is 26.0 Å². The maximum Gasteiger partial charge on any atom is 0.409 e. The van der Waals surface area contributed by atoms with Crippen LogP contribution in [0, 0.1) is 0 Å². The van der Waals surface area contributed by atoms with Crippen molar-refractivity contribution in [3.05, 3.63) is 0 Å². The summed E-state index contributed by atoms with van der Waals surface area (Å²) in [7, 11) is 3.23. The maximum atomic E-state index is 11.3.